The fourth-order valence-corrected chi connectivity index (χ4v) is 8.13. The summed E-state index contributed by atoms with van der Waals surface area (Å²) in [5, 5.41) is 15.4. The molecule has 2 aliphatic rings. The van der Waals surface area contributed by atoms with E-state index >= 15 is 0 Å². The quantitative estimate of drug-likeness (QED) is 0.104. The highest BCUT2D eigenvalue weighted by molar-refractivity contribution is 8.01. The molecule has 0 spiro atoms. The third-order valence-electron chi connectivity index (χ3n) is 6.10. The maximum atomic E-state index is 13.0. The first-order valence-electron chi connectivity index (χ1n) is 12.4. The molecule has 0 aliphatic carbocycles. The topological polar surface area (TPSA) is 174 Å². The maximum absolute atomic E-state index is 13.0. The number of fused-ring (bicyclic) bond motifs is 1. The van der Waals surface area contributed by atoms with E-state index in [9.17, 15) is 32.7 Å². The second-order valence-corrected chi connectivity index (χ2v) is 14.8. The zero-order chi connectivity index (χ0) is 31.3. The number of nitrogens with one attached hydrogen (secondary N) is 2. The summed E-state index contributed by atoms with van der Waals surface area (Å²) in [4.78, 5) is 52.3. The number of halogens is 2. The summed E-state index contributed by atoms with van der Waals surface area (Å²) in [6.07, 6.45) is 3.29. The Morgan fingerprint density at radius 3 is 2.51 bits per heavy atom. The van der Waals surface area contributed by atoms with Crippen LogP contribution < -0.4 is 15.2 Å². The number of carbonyl (C=O) groups excluding carboxylic acids is 3. The summed E-state index contributed by atoms with van der Waals surface area (Å²) in [5.74, 6) is -2.46. The number of hydrogen-bond acceptors (Lipinski definition) is 9. The van der Waals surface area contributed by atoms with Crippen LogP contribution in [0.3, 0.4) is 0 Å². The monoisotopic (exact) mass is 707 g/mol. The summed E-state index contributed by atoms with van der Waals surface area (Å²) >= 11 is 16.0. The number of β-lactam (4-membered cyclic amide) rings is 1. The third-order valence-corrected chi connectivity index (χ3v) is 11.0. The number of nitrogens with zero attached hydrogens (tertiary/aromatic N) is 2. The van der Waals surface area contributed by atoms with Crippen LogP contribution in [0.5, 0.6) is 0 Å². The van der Waals surface area contributed by atoms with Gasteiger partial charge in [-0.15, -0.1) is 35.3 Å². The van der Waals surface area contributed by atoms with Crippen molar-refractivity contribution in [2.45, 2.75) is 27.8 Å². The van der Waals surface area contributed by atoms with Gasteiger partial charge >= 0.3 is 5.97 Å². The summed E-state index contributed by atoms with van der Waals surface area (Å²) in [5.41, 5.74) is 0.484. The Bertz CT molecular complexity index is 1570. The van der Waals surface area contributed by atoms with E-state index in [0.717, 1.165) is 4.90 Å². The highest BCUT2D eigenvalue weighted by atomic mass is 35.5. The van der Waals surface area contributed by atoms with Gasteiger partial charge in [-0.05, 0) is 23.8 Å². The molecule has 4 rings (SSSR count). The molecule has 1 aromatic carbocycles. The molecule has 0 radical (unpaired) electrons. The Hall–Kier alpha value is -2.47. The van der Waals surface area contributed by atoms with Gasteiger partial charge in [0.05, 0.1) is 16.5 Å². The van der Waals surface area contributed by atoms with Gasteiger partial charge in [0, 0.05) is 45.0 Å². The fourth-order valence-electron chi connectivity index (χ4n) is 4.10. The van der Waals surface area contributed by atoms with E-state index in [4.69, 9.17) is 27.8 Å². The molecule has 2 aromatic rings. The van der Waals surface area contributed by atoms with Crippen molar-refractivity contribution in [3.05, 3.63) is 64.0 Å². The molecule has 12 nitrogen and oxygen atoms in total. The van der Waals surface area contributed by atoms with E-state index in [1.165, 1.54) is 40.2 Å². The van der Waals surface area contributed by atoms with Gasteiger partial charge in [0.25, 0.3) is 21.9 Å². The zero-order valence-electron chi connectivity index (χ0n) is 22.1. The molecule has 1 saturated heterocycles. The normalized spacial score (nSPS) is 18.1. The van der Waals surface area contributed by atoms with Crippen LogP contribution in [0.4, 0.5) is 0 Å². The van der Waals surface area contributed by atoms with Crippen molar-refractivity contribution >= 4 is 92.3 Å². The van der Waals surface area contributed by atoms with Gasteiger partial charge in [0.1, 0.15) is 17.1 Å². The molecule has 0 saturated carbocycles. The van der Waals surface area contributed by atoms with Gasteiger partial charge in [0.2, 0.25) is 12.5 Å². The number of amides is 3. The Kier molecular flexibility index (Phi) is 11.3. The molecule has 18 heteroatoms. The molecule has 0 bridgehead atoms. The van der Waals surface area contributed by atoms with E-state index < -0.39 is 51.0 Å². The van der Waals surface area contributed by atoms with Crippen LogP contribution >= 0.6 is 58.5 Å². The molecule has 43 heavy (non-hydrogen) atoms. The molecule has 1 fully saturated rings. The Morgan fingerprint density at radius 1 is 1.12 bits per heavy atom. The highest BCUT2D eigenvalue weighted by Gasteiger charge is 2.54. The molecular weight excluding hydrogens is 683 g/mol. The maximum Gasteiger partial charge on any atom is 0.352 e. The summed E-state index contributed by atoms with van der Waals surface area (Å²) in [7, 11) is -4.16. The van der Waals surface area contributed by atoms with Crippen molar-refractivity contribution in [1.29, 1.82) is 0 Å². The van der Waals surface area contributed by atoms with Crippen LogP contribution in [0.15, 0.2) is 63.8 Å². The minimum absolute atomic E-state index is 0.000531. The second-order valence-electron chi connectivity index (χ2n) is 9.21. The van der Waals surface area contributed by atoms with Gasteiger partial charge in [-0.1, -0.05) is 23.2 Å². The smallest absolute Gasteiger partial charge is 0.352 e. The zero-order valence-corrected chi connectivity index (χ0v) is 26.8. The second kappa shape index (κ2) is 14.5. The number of carbonyl (C=O) groups is 4. The fraction of sp³-hybridized carbons (Fsp3) is 0.320. The third kappa shape index (κ3) is 9.03. The predicted octanol–water partition coefficient (Wildman–Crippen LogP) is 1.91. The molecule has 3 amide bonds. The largest absolute Gasteiger partial charge is 0.477 e. The molecular formula is C25H25Cl2N4O8S4+. The lowest BCUT2D eigenvalue weighted by molar-refractivity contribution is -0.684. The highest BCUT2D eigenvalue weighted by Crippen LogP contribution is 2.41. The summed E-state index contributed by atoms with van der Waals surface area (Å²) in [6, 6.07) is 7.55. The van der Waals surface area contributed by atoms with E-state index in [1.807, 2.05) is 0 Å². The molecule has 0 unspecified atom stereocenters. The average molecular weight is 709 g/mol. The molecule has 1 aromatic heterocycles. The van der Waals surface area contributed by atoms with Crippen LogP contribution in [0.2, 0.25) is 10.0 Å². The SMILES string of the molecule is O=C(C[n+]1ccc(SCC2=C(C(=O)O)N3C(=O)[C@H](NC(=O)CSc4cc(Cl)ccc4Cl)[C@H]3SC2)cc1)NCCS(=O)(=O)O. The predicted molar refractivity (Wildman–Crippen MR) is 164 cm³/mol. The van der Waals surface area contributed by atoms with Crippen molar-refractivity contribution in [2.24, 2.45) is 0 Å². The lowest BCUT2D eigenvalue weighted by Crippen LogP contribution is -2.70. The van der Waals surface area contributed by atoms with Crippen LogP contribution in [0.1, 0.15) is 0 Å². The van der Waals surface area contributed by atoms with E-state index in [-0.39, 0.29) is 24.5 Å². The number of hydrogen-bond donors (Lipinski definition) is 4. The van der Waals surface area contributed by atoms with Gasteiger partial charge in [-0.3, -0.25) is 23.8 Å². The van der Waals surface area contributed by atoms with E-state index in [0.29, 0.717) is 32.0 Å². The van der Waals surface area contributed by atoms with Gasteiger partial charge < -0.3 is 15.7 Å². The number of rotatable bonds is 13. The number of thioether (sulfide) groups is 3. The van der Waals surface area contributed by atoms with Crippen molar-refractivity contribution < 1.29 is 41.8 Å². The van der Waals surface area contributed by atoms with Crippen molar-refractivity contribution in [2.75, 3.05) is 29.6 Å². The Balaban J connectivity index is 1.30. The Morgan fingerprint density at radius 2 is 1.84 bits per heavy atom. The van der Waals surface area contributed by atoms with Crippen molar-refractivity contribution in [3.8, 4) is 0 Å². The van der Waals surface area contributed by atoms with E-state index in [1.54, 1.807) is 47.3 Å². The van der Waals surface area contributed by atoms with Crippen molar-refractivity contribution in [1.82, 2.24) is 15.5 Å². The minimum atomic E-state index is -4.16. The lowest BCUT2D eigenvalue weighted by Gasteiger charge is -2.49. The first-order chi connectivity index (χ1) is 20.3. The number of carboxylic acid groups (broad SMARTS) is 1. The number of benzene rings is 1. The first-order valence-corrected chi connectivity index (χ1v) is 17.8. The average Bonchev–Trinajstić information content (AvgIpc) is 2.94. The van der Waals surface area contributed by atoms with Crippen LogP contribution in [-0.2, 0) is 35.8 Å². The number of pyridine rings is 1. The molecule has 3 heterocycles. The number of carboxylic acids is 1. The Labute approximate surface area is 269 Å². The number of aromatic nitrogens is 1. The lowest BCUT2D eigenvalue weighted by atomic mass is 10.0. The minimum Gasteiger partial charge on any atom is -0.477 e. The summed E-state index contributed by atoms with van der Waals surface area (Å²) in [6.45, 7) is -0.276. The van der Waals surface area contributed by atoms with Gasteiger partial charge in [0.15, 0.2) is 12.4 Å². The standard InChI is InChI=1S/C25H24Cl2N4O8S4/c26-15-1-2-17(27)18(9-15)41-13-20(33)29-21-23(34)31-22(25(35)36)14(12-42-24(21)31)11-40-16-3-6-30(7-4-16)10-19(32)28-5-8-43(37,38)39/h1-4,6-7,9,21,24H,5,8,10-13H2,(H3-,28,29,32,33,35,36,37,38,39)/p+1/t21-,24+/m0/s1. The molecule has 230 valence electrons. The van der Waals surface area contributed by atoms with E-state index in [2.05, 4.69) is 10.6 Å². The molecule has 2 atom stereocenters. The molecule has 2 aliphatic heterocycles. The van der Waals surface area contributed by atoms with Crippen molar-refractivity contribution in [3.63, 3.8) is 0 Å². The van der Waals surface area contributed by atoms with Gasteiger partial charge in [-0.25, -0.2) is 4.79 Å². The van der Waals surface area contributed by atoms with Crippen LogP contribution in [-0.4, -0.2) is 87.6 Å². The van der Waals surface area contributed by atoms with Gasteiger partial charge in [-0.2, -0.15) is 13.0 Å². The molecule has 4 N–H and O–H groups in total. The number of aliphatic carboxylic acids is 1. The van der Waals surface area contributed by atoms with Crippen LogP contribution in [0, 0.1) is 0 Å². The first kappa shape index (κ1) is 33.4. The van der Waals surface area contributed by atoms with Crippen LogP contribution in [0.25, 0.3) is 0 Å². The summed E-state index contributed by atoms with van der Waals surface area (Å²) < 4.78 is 31.8.